The summed E-state index contributed by atoms with van der Waals surface area (Å²) in [5, 5.41) is 9.24. The fourth-order valence-corrected chi connectivity index (χ4v) is 1.46. The lowest BCUT2D eigenvalue weighted by molar-refractivity contribution is 0.469. The summed E-state index contributed by atoms with van der Waals surface area (Å²) in [6.45, 7) is 1.86. The monoisotopic (exact) mass is 186 g/mol. The normalized spacial score (nSPS) is 12.8. The van der Waals surface area contributed by atoms with Gasteiger partial charge in [0.15, 0.2) is 11.1 Å². The van der Waals surface area contributed by atoms with Gasteiger partial charge in [-0.05, 0) is 13.0 Å². The highest BCUT2D eigenvalue weighted by atomic mass is 32.2. The van der Waals surface area contributed by atoms with Crippen LogP contribution in [0.1, 0.15) is 11.1 Å². The number of aryl methyl sites for hydroxylation is 1. The molecule has 0 aliphatic carbocycles. The molecule has 66 valence electrons. The topological polar surface area (TPSA) is 57.5 Å². The molecule has 0 saturated carbocycles. The van der Waals surface area contributed by atoms with Crippen molar-refractivity contribution >= 4 is 11.1 Å². The number of benzene rings is 1. The average Bonchev–Trinajstić information content (AvgIpc) is 1.96. The summed E-state index contributed by atoms with van der Waals surface area (Å²) in [5.41, 5.74) is 1.48. The average molecular weight is 186 g/mol. The molecular formula is C8H10O3S. The van der Waals surface area contributed by atoms with E-state index in [1.54, 1.807) is 12.1 Å². The van der Waals surface area contributed by atoms with Crippen molar-refractivity contribution in [3.8, 4) is 5.75 Å². The second-order valence-corrected chi connectivity index (χ2v) is 3.53. The molecule has 12 heavy (non-hydrogen) atoms. The lowest BCUT2D eigenvalue weighted by Crippen LogP contribution is -1.93. The number of phenolic OH excluding ortho intramolecular Hbond substituents is 1. The van der Waals surface area contributed by atoms with Gasteiger partial charge in [0.1, 0.15) is 5.75 Å². The Labute approximate surface area is 73.3 Å². The van der Waals surface area contributed by atoms with E-state index in [1.807, 2.05) is 6.92 Å². The zero-order chi connectivity index (χ0) is 9.14. The van der Waals surface area contributed by atoms with Crippen LogP contribution >= 0.6 is 0 Å². The van der Waals surface area contributed by atoms with Gasteiger partial charge < -0.3 is 9.66 Å². The van der Waals surface area contributed by atoms with Crippen LogP contribution < -0.4 is 0 Å². The zero-order valence-corrected chi connectivity index (χ0v) is 7.47. The van der Waals surface area contributed by atoms with Crippen molar-refractivity contribution in [2.75, 3.05) is 0 Å². The molecule has 1 aromatic rings. The maximum Gasteiger partial charge on any atom is 0.157 e. The van der Waals surface area contributed by atoms with E-state index in [9.17, 15) is 9.32 Å². The highest BCUT2D eigenvalue weighted by Crippen LogP contribution is 2.19. The van der Waals surface area contributed by atoms with E-state index in [2.05, 4.69) is 0 Å². The smallest absolute Gasteiger partial charge is 0.157 e. The molecule has 0 spiro atoms. The SMILES string of the molecule is Cc1ccc(O)c(CS(=O)O)c1. The first-order chi connectivity index (χ1) is 5.59. The predicted molar refractivity (Wildman–Crippen MR) is 47.3 cm³/mol. The molecule has 0 amide bonds. The van der Waals surface area contributed by atoms with E-state index in [0.29, 0.717) is 5.56 Å². The molecule has 3 nitrogen and oxygen atoms in total. The van der Waals surface area contributed by atoms with Crippen molar-refractivity contribution in [3.05, 3.63) is 29.3 Å². The van der Waals surface area contributed by atoms with E-state index in [4.69, 9.17) is 4.55 Å². The Balaban J connectivity index is 2.97. The zero-order valence-electron chi connectivity index (χ0n) is 6.65. The van der Waals surface area contributed by atoms with Gasteiger partial charge in [0.25, 0.3) is 0 Å². The first-order valence-electron chi connectivity index (χ1n) is 3.45. The van der Waals surface area contributed by atoms with Crippen LogP contribution in [-0.4, -0.2) is 13.9 Å². The summed E-state index contributed by atoms with van der Waals surface area (Å²) in [5.74, 6) is 0.0519. The lowest BCUT2D eigenvalue weighted by atomic mass is 10.1. The summed E-state index contributed by atoms with van der Waals surface area (Å²) in [4.78, 5) is 0. The molecule has 1 rings (SSSR count). The van der Waals surface area contributed by atoms with Gasteiger partial charge in [-0.1, -0.05) is 17.7 Å². The molecule has 0 fully saturated rings. The van der Waals surface area contributed by atoms with Crippen LogP contribution in [0, 0.1) is 6.92 Å². The van der Waals surface area contributed by atoms with Crippen molar-refractivity contribution in [2.24, 2.45) is 0 Å². The molecule has 0 saturated heterocycles. The van der Waals surface area contributed by atoms with Crippen LogP contribution in [0.4, 0.5) is 0 Å². The van der Waals surface area contributed by atoms with Crippen molar-refractivity contribution in [3.63, 3.8) is 0 Å². The first kappa shape index (κ1) is 9.22. The van der Waals surface area contributed by atoms with Crippen LogP contribution in [0.5, 0.6) is 5.75 Å². The summed E-state index contributed by atoms with van der Waals surface area (Å²) in [6.07, 6.45) is 0. The number of hydrogen-bond donors (Lipinski definition) is 2. The second kappa shape index (κ2) is 3.69. The molecule has 0 aliphatic heterocycles. The Morgan fingerprint density at radius 3 is 2.75 bits per heavy atom. The van der Waals surface area contributed by atoms with Crippen LogP contribution in [0.3, 0.4) is 0 Å². The molecule has 1 atom stereocenters. The maximum absolute atomic E-state index is 10.4. The minimum absolute atomic E-state index is 0.0203. The van der Waals surface area contributed by atoms with E-state index in [-0.39, 0.29) is 11.5 Å². The van der Waals surface area contributed by atoms with Crippen molar-refractivity contribution < 1.29 is 13.9 Å². The van der Waals surface area contributed by atoms with Crippen LogP contribution in [0.2, 0.25) is 0 Å². The highest BCUT2D eigenvalue weighted by molar-refractivity contribution is 7.78. The summed E-state index contributed by atoms with van der Waals surface area (Å²) in [6, 6.07) is 4.97. The quantitative estimate of drug-likeness (QED) is 0.687. The van der Waals surface area contributed by atoms with Gasteiger partial charge in [-0.25, -0.2) is 4.21 Å². The van der Waals surface area contributed by atoms with E-state index >= 15 is 0 Å². The van der Waals surface area contributed by atoms with Gasteiger partial charge in [-0.2, -0.15) is 0 Å². The second-order valence-electron chi connectivity index (χ2n) is 2.60. The number of aromatic hydroxyl groups is 1. The molecule has 2 N–H and O–H groups in total. The van der Waals surface area contributed by atoms with Gasteiger partial charge in [0.05, 0.1) is 5.75 Å². The lowest BCUT2D eigenvalue weighted by Gasteiger charge is -2.02. The summed E-state index contributed by atoms with van der Waals surface area (Å²) >= 11 is -1.90. The summed E-state index contributed by atoms with van der Waals surface area (Å²) in [7, 11) is 0. The van der Waals surface area contributed by atoms with Gasteiger partial charge in [0.2, 0.25) is 0 Å². The van der Waals surface area contributed by atoms with Gasteiger partial charge in [0, 0.05) is 5.56 Å². The third-order valence-electron chi connectivity index (χ3n) is 1.51. The molecule has 0 aliphatic rings. The number of phenols is 1. The molecule has 0 aromatic heterocycles. The Bertz CT molecular complexity index is 309. The fraction of sp³-hybridized carbons (Fsp3) is 0.250. The molecule has 1 unspecified atom stereocenters. The molecule has 1 aromatic carbocycles. The Morgan fingerprint density at radius 2 is 2.17 bits per heavy atom. The Morgan fingerprint density at radius 1 is 1.50 bits per heavy atom. The predicted octanol–water partition coefficient (Wildman–Crippen LogP) is 1.42. The third-order valence-corrected chi connectivity index (χ3v) is 2.07. The minimum atomic E-state index is -1.90. The molecule has 0 bridgehead atoms. The van der Waals surface area contributed by atoms with E-state index in [1.165, 1.54) is 6.07 Å². The van der Waals surface area contributed by atoms with Crippen molar-refractivity contribution in [1.29, 1.82) is 0 Å². The van der Waals surface area contributed by atoms with Crippen LogP contribution in [-0.2, 0) is 16.8 Å². The van der Waals surface area contributed by atoms with E-state index in [0.717, 1.165) is 5.56 Å². The highest BCUT2D eigenvalue weighted by Gasteiger charge is 2.03. The summed E-state index contributed by atoms with van der Waals surface area (Å²) < 4.78 is 19.0. The minimum Gasteiger partial charge on any atom is -0.508 e. The number of rotatable bonds is 2. The van der Waals surface area contributed by atoms with E-state index < -0.39 is 11.1 Å². The van der Waals surface area contributed by atoms with Gasteiger partial charge in [-0.15, -0.1) is 0 Å². The van der Waals surface area contributed by atoms with Gasteiger partial charge in [-0.3, -0.25) is 0 Å². The van der Waals surface area contributed by atoms with Crippen molar-refractivity contribution in [2.45, 2.75) is 12.7 Å². The third kappa shape index (κ3) is 2.32. The molecule has 4 heteroatoms. The largest absolute Gasteiger partial charge is 0.508 e. The molecule has 0 heterocycles. The van der Waals surface area contributed by atoms with Crippen LogP contribution in [0.25, 0.3) is 0 Å². The maximum atomic E-state index is 10.4. The van der Waals surface area contributed by atoms with Gasteiger partial charge >= 0.3 is 0 Å². The fourth-order valence-electron chi connectivity index (χ4n) is 0.963. The Hall–Kier alpha value is -0.870. The van der Waals surface area contributed by atoms with Crippen LogP contribution in [0.15, 0.2) is 18.2 Å². The Kier molecular flexibility index (Phi) is 2.83. The molecule has 0 radical (unpaired) electrons. The number of hydrogen-bond acceptors (Lipinski definition) is 2. The molecular weight excluding hydrogens is 176 g/mol. The first-order valence-corrected chi connectivity index (χ1v) is 4.73. The van der Waals surface area contributed by atoms with Crippen molar-refractivity contribution in [1.82, 2.24) is 0 Å². The standard InChI is InChI=1S/C8H10O3S/c1-6-2-3-8(9)7(4-6)5-12(10)11/h2-4,9H,5H2,1H3,(H,10,11).